The highest BCUT2D eigenvalue weighted by atomic mass is 32.2. The van der Waals surface area contributed by atoms with E-state index in [1.165, 1.54) is 34.5 Å². The Labute approximate surface area is 158 Å². The predicted octanol–water partition coefficient (Wildman–Crippen LogP) is 4.70. The largest absolute Gasteiger partial charge is 0.357 e. The lowest BCUT2D eigenvalue weighted by atomic mass is 9.79. The van der Waals surface area contributed by atoms with Crippen LogP contribution in [0.3, 0.4) is 0 Å². The van der Waals surface area contributed by atoms with Crippen molar-refractivity contribution in [1.82, 2.24) is 9.88 Å². The summed E-state index contributed by atoms with van der Waals surface area (Å²) in [4.78, 5) is 18.5. The molecule has 2 aliphatic heterocycles. The summed E-state index contributed by atoms with van der Waals surface area (Å²) in [5.74, 6) is 3.22. The normalized spacial score (nSPS) is 27.0. The van der Waals surface area contributed by atoms with E-state index in [-0.39, 0.29) is 10.00 Å². The van der Waals surface area contributed by atoms with Gasteiger partial charge >= 0.3 is 0 Å². The van der Waals surface area contributed by atoms with Crippen molar-refractivity contribution in [3.63, 3.8) is 0 Å². The second-order valence-electron chi connectivity index (χ2n) is 7.16. The van der Waals surface area contributed by atoms with Gasteiger partial charge in [-0.3, -0.25) is 4.79 Å². The molecule has 1 N–H and O–H groups in total. The van der Waals surface area contributed by atoms with Crippen LogP contribution < -0.4 is 0 Å². The highest BCUT2D eigenvalue weighted by Crippen LogP contribution is 2.59. The molecule has 0 saturated carbocycles. The Hall–Kier alpha value is -1.07. The zero-order chi connectivity index (χ0) is 17.4. The number of carbonyl (C=O) groups excluding carboxylic acids is 1. The molecule has 1 amide bonds. The first-order valence-corrected chi connectivity index (χ1v) is 11.2. The van der Waals surface area contributed by atoms with E-state index in [9.17, 15) is 4.79 Å². The standard InChI is InChI=1S/C20H26N2OS2/c1-3-15-16(9-10-22(2)19(15)23)20(24-11-6-12-25-20)18-13-14-7-4-5-8-17(14)21-18/h4-5,7-8,13,15-16,21H,3,6,9-12H2,1-2H3/t15-,16+/m0/s1. The van der Waals surface area contributed by atoms with Crippen LogP contribution in [0.1, 0.15) is 31.9 Å². The van der Waals surface area contributed by atoms with Crippen LogP contribution in [0.15, 0.2) is 30.3 Å². The summed E-state index contributed by atoms with van der Waals surface area (Å²) in [6, 6.07) is 10.8. The van der Waals surface area contributed by atoms with E-state index in [2.05, 4.69) is 65.8 Å². The Kier molecular flexibility index (Phi) is 4.80. The minimum absolute atomic E-state index is 0.0190. The van der Waals surface area contributed by atoms with Crippen molar-refractivity contribution in [2.45, 2.75) is 30.3 Å². The minimum atomic E-state index is -0.0190. The van der Waals surface area contributed by atoms with Gasteiger partial charge in [0, 0.05) is 36.6 Å². The fourth-order valence-electron chi connectivity index (χ4n) is 4.39. The van der Waals surface area contributed by atoms with Gasteiger partial charge in [-0.2, -0.15) is 0 Å². The number of aromatic amines is 1. The molecule has 0 aliphatic carbocycles. The maximum Gasteiger partial charge on any atom is 0.225 e. The van der Waals surface area contributed by atoms with Gasteiger partial charge < -0.3 is 9.88 Å². The van der Waals surface area contributed by atoms with Crippen molar-refractivity contribution in [3.8, 4) is 0 Å². The predicted molar refractivity (Wildman–Crippen MR) is 109 cm³/mol. The van der Waals surface area contributed by atoms with Gasteiger partial charge in [0.15, 0.2) is 0 Å². The van der Waals surface area contributed by atoms with Crippen LogP contribution in [-0.2, 0) is 8.87 Å². The first-order chi connectivity index (χ1) is 12.2. The average molecular weight is 375 g/mol. The highest BCUT2D eigenvalue weighted by Gasteiger charge is 2.50. The zero-order valence-electron chi connectivity index (χ0n) is 15.0. The molecule has 134 valence electrons. The Balaban J connectivity index is 1.80. The molecule has 4 rings (SSSR count). The van der Waals surface area contributed by atoms with Gasteiger partial charge in [0.2, 0.25) is 5.91 Å². The number of piperidine rings is 1. The smallest absolute Gasteiger partial charge is 0.225 e. The fourth-order valence-corrected chi connectivity index (χ4v) is 8.12. The van der Waals surface area contributed by atoms with E-state index in [0.717, 1.165) is 19.4 Å². The quantitative estimate of drug-likeness (QED) is 0.846. The lowest BCUT2D eigenvalue weighted by Crippen LogP contribution is -2.49. The Morgan fingerprint density at radius 3 is 2.76 bits per heavy atom. The number of benzene rings is 1. The molecule has 0 unspecified atom stereocenters. The van der Waals surface area contributed by atoms with Crippen molar-refractivity contribution >= 4 is 40.3 Å². The van der Waals surface area contributed by atoms with Crippen molar-refractivity contribution in [2.24, 2.45) is 11.8 Å². The van der Waals surface area contributed by atoms with Crippen molar-refractivity contribution in [3.05, 3.63) is 36.0 Å². The second kappa shape index (κ2) is 6.92. The second-order valence-corrected chi connectivity index (χ2v) is 10.1. The van der Waals surface area contributed by atoms with Crippen LogP contribution in [0.2, 0.25) is 0 Å². The van der Waals surface area contributed by atoms with Crippen LogP contribution in [0, 0.1) is 11.8 Å². The van der Waals surface area contributed by atoms with E-state index in [4.69, 9.17) is 0 Å². The first kappa shape index (κ1) is 17.3. The number of hydrogen-bond acceptors (Lipinski definition) is 3. The third kappa shape index (κ3) is 2.89. The molecule has 2 aliphatic rings. The van der Waals surface area contributed by atoms with Gasteiger partial charge in [-0.1, -0.05) is 25.1 Å². The number of aromatic nitrogens is 1. The topological polar surface area (TPSA) is 36.1 Å². The van der Waals surface area contributed by atoms with E-state index in [0.29, 0.717) is 11.8 Å². The van der Waals surface area contributed by atoms with Gasteiger partial charge in [-0.25, -0.2) is 0 Å². The molecule has 1 aromatic carbocycles. The highest BCUT2D eigenvalue weighted by molar-refractivity contribution is 8.18. The summed E-state index contributed by atoms with van der Waals surface area (Å²) in [5, 5.41) is 1.27. The average Bonchev–Trinajstić information content (AvgIpc) is 3.09. The van der Waals surface area contributed by atoms with Crippen LogP contribution in [0.25, 0.3) is 10.9 Å². The fraction of sp³-hybridized carbons (Fsp3) is 0.550. The lowest BCUT2D eigenvalue weighted by Gasteiger charge is -2.48. The van der Waals surface area contributed by atoms with Crippen LogP contribution in [-0.4, -0.2) is 40.9 Å². The number of hydrogen-bond donors (Lipinski definition) is 1. The first-order valence-electron chi connectivity index (χ1n) is 9.27. The Morgan fingerprint density at radius 2 is 2.04 bits per heavy atom. The molecule has 2 aromatic rings. The van der Waals surface area contributed by atoms with E-state index in [1.54, 1.807) is 0 Å². The van der Waals surface area contributed by atoms with E-state index in [1.807, 2.05) is 11.9 Å². The molecular formula is C20H26N2OS2. The zero-order valence-corrected chi connectivity index (χ0v) is 16.6. The molecule has 5 heteroatoms. The summed E-state index contributed by atoms with van der Waals surface area (Å²) in [6.07, 6.45) is 3.28. The van der Waals surface area contributed by atoms with Gasteiger partial charge in [0.1, 0.15) is 4.08 Å². The number of para-hydroxylation sites is 1. The molecule has 1 aromatic heterocycles. The third-order valence-corrected chi connectivity index (χ3v) is 9.31. The number of amides is 1. The molecule has 2 saturated heterocycles. The summed E-state index contributed by atoms with van der Waals surface area (Å²) >= 11 is 4.14. The number of carbonyl (C=O) groups is 1. The van der Waals surface area contributed by atoms with Gasteiger partial charge in [0.05, 0.1) is 0 Å². The van der Waals surface area contributed by atoms with Crippen LogP contribution in [0.5, 0.6) is 0 Å². The molecular weight excluding hydrogens is 348 g/mol. The minimum Gasteiger partial charge on any atom is -0.357 e. The molecule has 2 atom stereocenters. The Bertz CT molecular complexity index is 733. The van der Waals surface area contributed by atoms with Crippen molar-refractivity contribution in [2.75, 3.05) is 25.1 Å². The number of likely N-dealkylation sites (tertiary alicyclic amines) is 1. The van der Waals surface area contributed by atoms with Crippen LogP contribution >= 0.6 is 23.5 Å². The molecule has 0 radical (unpaired) electrons. The monoisotopic (exact) mass is 374 g/mol. The molecule has 0 spiro atoms. The SMILES string of the molecule is CC[C@@H]1C(=O)N(C)CC[C@H]1C1(c2cc3ccccc3[nH]2)SCCCS1. The van der Waals surface area contributed by atoms with Gasteiger partial charge in [-0.05, 0) is 48.3 Å². The van der Waals surface area contributed by atoms with Crippen molar-refractivity contribution in [1.29, 1.82) is 0 Å². The Morgan fingerprint density at radius 1 is 1.28 bits per heavy atom. The van der Waals surface area contributed by atoms with E-state index < -0.39 is 0 Å². The molecule has 3 nitrogen and oxygen atoms in total. The van der Waals surface area contributed by atoms with Crippen molar-refractivity contribution < 1.29 is 4.79 Å². The summed E-state index contributed by atoms with van der Waals surface area (Å²) in [7, 11) is 1.96. The third-order valence-electron chi connectivity index (χ3n) is 5.71. The number of nitrogens with one attached hydrogen (secondary N) is 1. The molecule has 0 bridgehead atoms. The lowest BCUT2D eigenvalue weighted by molar-refractivity contribution is -0.140. The van der Waals surface area contributed by atoms with Crippen LogP contribution in [0.4, 0.5) is 0 Å². The summed E-state index contributed by atoms with van der Waals surface area (Å²) < 4.78 is -0.0190. The number of thioether (sulfide) groups is 2. The molecule has 25 heavy (non-hydrogen) atoms. The number of fused-ring (bicyclic) bond motifs is 1. The summed E-state index contributed by atoms with van der Waals surface area (Å²) in [5.41, 5.74) is 2.51. The van der Waals surface area contributed by atoms with E-state index >= 15 is 0 Å². The number of rotatable bonds is 3. The number of H-pyrrole nitrogens is 1. The maximum atomic E-state index is 12.9. The molecule has 2 fully saturated rings. The number of nitrogens with zero attached hydrogens (tertiary/aromatic N) is 1. The summed E-state index contributed by atoms with van der Waals surface area (Å²) in [6.45, 7) is 3.05. The molecule has 3 heterocycles. The maximum absolute atomic E-state index is 12.9. The van der Waals surface area contributed by atoms with Gasteiger partial charge in [0.25, 0.3) is 0 Å². The van der Waals surface area contributed by atoms with Gasteiger partial charge in [-0.15, -0.1) is 23.5 Å².